The summed E-state index contributed by atoms with van der Waals surface area (Å²) in [7, 11) is 0. The van der Waals surface area contributed by atoms with E-state index >= 15 is 0 Å². The molecule has 0 atom stereocenters. The molecular formula is C37H31Cl2N3O6S2. The van der Waals surface area contributed by atoms with Crippen LogP contribution in [-0.2, 0) is 14.5 Å². The average Bonchev–Trinajstić information content (AvgIpc) is 3.49. The van der Waals surface area contributed by atoms with Gasteiger partial charge in [0, 0.05) is 84.0 Å². The number of Topliss-reactive ketones (excluding diaryl/α,β-unsaturated/α-hetero) is 2. The lowest BCUT2D eigenvalue weighted by Gasteiger charge is -2.08. The number of hydrogen-bond donors (Lipinski definition) is 2. The van der Waals surface area contributed by atoms with Crippen LogP contribution in [0.2, 0.25) is 10.0 Å². The molecule has 0 aliphatic heterocycles. The number of allylic oxidation sites excluding steroid dienone is 1. The molecule has 0 amide bonds. The Bertz CT molecular complexity index is 2130. The number of halogens is 2. The van der Waals surface area contributed by atoms with Crippen molar-refractivity contribution in [1.82, 2.24) is 4.98 Å². The second-order valence-electron chi connectivity index (χ2n) is 10.9. The van der Waals surface area contributed by atoms with Crippen molar-refractivity contribution in [2.75, 3.05) is 11.5 Å². The minimum atomic E-state index is -0.635. The number of aromatic amines is 1. The van der Waals surface area contributed by atoms with E-state index in [0.29, 0.717) is 32.7 Å². The quantitative estimate of drug-likeness (QED) is 0.0270. The fourth-order valence-corrected chi connectivity index (χ4v) is 6.75. The molecule has 0 aliphatic carbocycles. The Balaban J connectivity index is 1.39. The van der Waals surface area contributed by atoms with Gasteiger partial charge in [-0.15, -0.1) is 23.5 Å². The standard InChI is InChI=1S/C37H31Cl2N3O6S2/c1-22(21-43)47-41-34(15-17-49-28-9-5-26(38)6-10-28)36(45)24-3-13-32-30(19-24)31-20-25(4-14-33(31)40-32)37(46)35(42-48-23(2)44)16-18-50-29-11-7-27(39)8-12-29/h3-14,19-21,40,43H,15-18H2,1-2H3/b22-21?,41-34+,42-35+. The fraction of sp³-hybridized carbons (Fsp3) is 0.162. The van der Waals surface area contributed by atoms with E-state index in [0.717, 1.165) is 37.9 Å². The lowest BCUT2D eigenvalue weighted by atomic mass is 10.00. The Kier molecular flexibility index (Phi) is 12.8. The van der Waals surface area contributed by atoms with E-state index in [-0.39, 0.29) is 41.6 Å². The van der Waals surface area contributed by atoms with E-state index in [4.69, 9.17) is 32.9 Å². The zero-order valence-electron chi connectivity index (χ0n) is 26.9. The van der Waals surface area contributed by atoms with Crippen LogP contribution in [0.25, 0.3) is 21.8 Å². The lowest BCUT2D eigenvalue weighted by molar-refractivity contribution is -0.140. The molecule has 0 saturated heterocycles. The average molecular weight is 749 g/mol. The molecule has 0 spiro atoms. The van der Waals surface area contributed by atoms with E-state index in [9.17, 15) is 19.5 Å². The third kappa shape index (κ3) is 9.79. The molecule has 0 radical (unpaired) electrons. The smallest absolute Gasteiger partial charge is 0.331 e. The van der Waals surface area contributed by atoms with Gasteiger partial charge in [0.05, 0.1) is 0 Å². The molecule has 4 aromatic carbocycles. The molecule has 5 rings (SSSR count). The topological polar surface area (TPSA) is 130 Å². The third-order valence-corrected chi connectivity index (χ3v) is 9.79. The van der Waals surface area contributed by atoms with Crippen molar-refractivity contribution in [2.24, 2.45) is 10.3 Å². The largest absolute Gasteiger partial charge is 0.512 e. The van der Waals surface area contributed by atoms with Crippen molar-refractivity contribution in [3.8, 4) is 0 Å². The number of oxime groups is 2. The molecule has 0 unspecified atom stereocenters. The molecule has 13 heteroatoms. The molecule has 0 fully saturated rings. The zero-order chi connectivity index (χ0) is 35.6. The van der Waals surface area contributed by atoms with E-state index in [2.05, 4.69) is 15.3 Å². The van der Waals surface area contributed by atoms with Crippen molar-refractivity contribution in [3.05, 3.63) is 118 Å². The summed E-state index contributed by atoms with van der Waals surface area (Å²) in [6.45, 7) is 2.74. The van der Waals surface area contributed by atoms with Crippen LogP contribution in [0, 0.1) is 0 Å². The Labute approximate surface area is 306 Å². The van der Waals surface area contributed by atoms with Crippen LogP contribution in [0.3, 0.4) is 0 Å². The Morgan fingerprint density at radius 2 is 1.14 bits per heavy atom. The van der Waals surface area contributed by atoms with E-state index < -0.39 is 5.97 Å². The number of aliphatic hydroxyl groups is 1. The van der Waals surface area contributed by atoms with Crippen LogP contribution in [0.1, 0.15) is 47.4 Å². The van der Waals surface area contributed by atoms with Gasteiger partial charge in [-0.05, 0) is 91.9 Å². The minimum absolute atomic E-state index is 0.0984. The molecule has 50 heavy (non-hydrogen) atoms. The molecule has 0 bridgehead atoms. The predicted octanol–water partition coefficient (Wildman–Crippen LogP) is 10.1. The normalized spacial score (nSPS) is 12.4. The van der Waals surface area contributed by atoms with Gasteiger partial charge in [-0.25, -0.2) is 4.79 Å². The first kappa shape index (κ1) is 36.7. The highest BCUT2D eigenvalue weighted by Crippen LogP contribution is 2.29. The van der Waals surface area contributed by atoms with Gasteiger partial charge in [-0.3, -0.25) is 9.59 Å². The highest BCUT2D eigenvalue weighted by atomic mass is 35.5. The molecule has 256 valence electrons. The summed E-state index contributed by atoms with van der Waals surface area (Å²) in [4.78, 5) is 54.5. The number of benzene rings is 4. The Morgan fingerprint density at radius 3 is 1.56 bits per heavy atom. The second kappa shape index (κ2) is 17.4. The zero-order valence-corrected chi connectivity index (χ0v) is 30.1. The monoisotopic (exact) mass is 747 g/mol. The van der Waals surface area contributed by atoms with Gasteiger partial charge in [-0.2, -0.15) is 0 Å². The van der Waals surface area contributed by atoms with Crippen LogP contribution in [0.15, 0.2) is 117 Å². The summed E-state index contributed by atoms with van der Waals surface area (Å²) in [6, 6.07) is 25.2. The maximum absolute atomic E-state index is 13.8. The summed E-state index contributed by atoms with van der Waals surface area (Å²) < 4.78 is 0. The van der Waals surface area contributed by atoms with Gasteiger partial charge < -0.3 is 19.8 Å². The van der Waals surface area contributed by atoms with Crippen molar-refractivity contribution >= 4 is 97.5 Å². The minimum Gasteiger partial charge on any atom is -0.512 e. The van der Waals surface area contributed by atoms with Crippen LogP contribution < -0.4 is 0 Å². The first-order valence-electron chi connectivity index (χ1n) is 15.3. The summed E-state index contributed by atoms with van der Waals surface area (Å²) in [5.74, 6) is -0.190. The number of nitrogens with one attached hydrogen (secondary N) is 1. The maximum atomic E-state index is 13.8. The van der Waals surface area contributed by atoms with Crippen molar-refractivity contribution in [2.45, 2.75) is 36.5 Å². The molecular weight excluding hydrogens is 717 g/mol. The number of rotatable bonds is 15. The predicted molar refractivity (Wildman–Crippen MR) is 202 cm³/mol. The number of aliphatic hydroxyl groups excluding tert-OH is 1. The first-order chi connectivity index (χ1) is 24.1. The molecule has 1 heterocycles. The molecule has 9 nitrogen and oxygen atoms in total. The number of carbonyl (C=O) groups excluding carboxylic acids is 3. The van der Waals surface area contributed by atoms with Crippen molar-refractivity contribution < 1.29 is 29.2 Å². The number of fused-ring (bicyclic) bond motifs is 3. The number of hydrogen-bond acceptors (Lipinski definition) is 10. The van der Waals surface area contributed by atoms with E-state index in [1.807, 2.05) is 24.3 Å². The molecule has 0 aliphatic rings. The SMILES string of the molecule is CC(=O)O/N=C(\CCSc1ccc(Cl)cc1)C(=O)c1ccc2[nH]c3ccc(C(=O)/C(CCSc4ccc(Cl)cc4)=N/OC(C)=CO)cc3c2c1. The second-order valence-corrected chi connectivity index (χ2v) is 14.1. The Hall–Kier alpha value is -4.55. The number of nitrogens with zero attached hydrogens (tertiary/aromatic N) is 2. The molecule has 5 aromatic rings. The number of aromatic nitrogens is 1. The van der Waals surface area contributed by atoms with Crippen LogP contribution >= 0.6 is 46.7 Å². The number of H-pyrrole nitrogens is 1. The fourth-order valence-electron chi connectivity index (χ4n) is 4.78. The number of thioether (sulfide) groups is 2. The summed E-state index contributed by atoms with van der Waals surface area (Å²) >= 11 is 15.0. The van der Waals surface area contributed by atoms with Gasteiger partial charge in [0.15, 0.2) is 5.76 Å². The van der Waals surface area contributed by atoms with Crippen LogP contribution in [-0.4, -0.2) is 50.6 Å². The van der Waals surface area contributed by atoms with Gasteiger partial charge in [0.25, 0.3) is 0 Å². The maximum Gasteiger partial charge on any atom is 0.331 e. The number of carbonyl (C=O) groups is 3. The van der Waals surface area contributed by atoms with Crippen LogP contribution in [0.4, 0.5) is 0 Å². The highest BCUT2D eigenvalue weighted by Gasteiger charge is 2.20. The van der Waals surface area contributed by atoms with Crippen LogP contribution in [0.5, 0.6) is 0 Å². The lowest BCUT2D eigenvalue weighted by Crippen LogP contribution is -2.16. The number of ketones is 2. The molecule has 0 saturated carbocycles. The third-order valence-electron chi connectivity index (χ3n) is 7.26. The summed E-state index contributed by atoms with van der Waals surface area (Å²) in [6.07, 6.45) is 1.30. The van der Waals surface area contributed by atoms with Gasteiger partial charge >= 0.3 is 5.97 Å². The molecule has 1 aromatic heterocycles. The van der Waals surface area contributed by atoms with E-state index in [1.54, 1.807) is 60.7 Å². The van der Waals surface area contributed by atoms with Crippen molar-refractivity contribution in [1.29, 1.82) is 0 Å². The highest BCUT2D eigenvalue weighted by molar-refractivity contribution is 7.99. The van der Waals surface area contributed by atoms with E-state index in [1.165, 1.54) is 37.4 Å². The van der Waals surface area contributed by atoms with Gasteiger partial charge in [0.2, 0.25) is 11.6 Å². The first-order valence-corrected chi connectivity index (χ1v) is 18.0. The van der Waals surface area contributed by atoms with Crippen molar-refractivity contribution in [3.63, 3.8) is 0 Å². The molecule has 2 N–H and O–H groups in total. The summed E-state index contributed by atoms with van der Waals surface area (Å²) in [5.41, 5.74) is 2.51. The summed E-state index contributed by atoms with van der Waals surface area (Å²) in [5, 5.41) is 19.9. The Morgan fingerprint density at radius 1 is 0.700 bits per heavy atom. The van der Waals surface area contributed by atoms with Gasteiger partial charge in [-0.1, -0.05) is 33.5 Å². The van der Waals surface area contributed by atoms with Gasteiger partial charge in [0.1, 0.15) is 17.7 Å².